The Labute approximate surface area is 159 Å². The highest BCUT2D eigenvalue weighted by Crippen LogP contribution is 2.25. The molecule has 0 bridgehead atoms. The second-order valence-electron chi connectivity index (χ2n) is 6.94. The van der Waals surface area contributed by atoms with Crippen LogP contribution in [0.4, 0.5) is 5.69 Å². The lowest BCUT2D eigenvalue weighted by molar-refractivity contribution is 0.0954. The summed E-state index contributed by atoms with van der Waals surface area (Å²) >= 11 is 0. The van der Waals surface area contributed by atoms with Crippen molar-refractivity contribution in [3.8, 4) is 0 Å². The van der Waals surface area contributed by atoms with Crippen LogP contribution < -0.4 is 10.7 Å². The van der Waals surface area contributed by atoms with Gasteiger partial charge in [0.1, 0.15) is 0 Å². The van der Waals surface area contributed by atoms with Crippen molar-refractivity contribution in [2.24, 2.45) is 11.0 Å². The fraction of sp³-hybridized carbons (Fsp3) is 0.318. The first kappa shape index (κ1) is 18.8. The molecule has 2 amide bonds. The fourth-order valence-corrected chi connectivity index (χ4v) is 3.37. The highest BCUT2D eigenvalue weighted by Gasteiger charge is 2.21. The van der Waals surface area contributed by atoms with Crippen LogP contribution >= 0.6 is 0 Å². The van der Waals surface area contributed by atoms with E-state index in [-0.39, 0.29) is 11.8 Å². The molecule has 0 heterocycles. The van der Waals surface area contributed by atoms with Crippen LogP contribution in [0.1, 0.15) is 58.9 Å². The first-order valence-electron chi connectivity index (χ1n) is 9.41. The van der Waals surface area contributed by atoms with Crippen molar-refractivity contribution in [3.63, 3.8) is 0 Å². The van der Waals surface area contributed by atoms with Crippen LogP contribution in [0.3, 0.4) is 0 Å². The molecule has 1 unspecified atom stereocenters. The third-order valence-electron chi connectivity index (χ3n) is 4.94. The van der Waals surface area contributed by atoms with Crippen LogP contribution in [0.25, 0.3) is 0 Å². The fourth-order valence-electron chi connectivity index (χ4n) is 3.37. The smallest absolute Gasteiger partial charge is 0.271 e. The van der Waals surface area contributed by atoms with Gasteiger partial charge in [0.15, 0.2) is 0 Å². The number of anilines is 1. The number of nitrogens with zero attached hydrogens (tertiary/aromatic N) is 1. The molecule has 1 aliphatic carbocycles. The second kappa shape index (κ2) is 8.62. The third-order valence-corrected chi connectivity index (χ3v) is 4.94. The molecular formula is C22H25N3O2. The Kier molecular flexibility index (Phi) is 6.01. The highest BCUT2D eigenvalue weighted by atomic mass is 16.2. The Morgan fingerprint density at radius 2 is 1.85 bits per heavy atom. The van der Waals surface area contributed by atoms with Crippen molar-refractivity contribution >= 4 is 23.2 Å². The molecule has 0 saturated heterocycles. The number of carbonyl (C=O) groups is 2. The molecule has 27 heavy (non-hydrogen) atoms. The number of amides is 2. The largest absolute Gasteiger partial charge is 0.322 e. The van der Waals surface area contributed by atoms with E-state index in [9.17, 15) is 9.59 Å². The van der Waals surface area contributed by atoms with Gasteiger partial charge in [-0.3, -0.25) is 9.59 Å². The van der Waals surface area contributed by atoms with Crippen LogP contribution in [-0.2, 0) is 0 Å². The van der Waals surface area contributed by atoms with Gasteiger partial charge in [0.25, 0.3) is 11.8 Å². The van der Waals surface area contributed by atoms with E-state index in [4.69, 9.17) is 0 Å². The van der Waals surface area contributed by atoms with E-state index in [1.165, 1.54) is 0 Å². The maximum absolute atomic E-state index is 12.3. The van der Waals surface area contributed by atoms with Crippen LogP contribution in [0.15, 0.2) is 53.6 Å². The normalized spacial score (nSPS) is 17.7. The topological polar surface area (TPSA) is 70.6 Å². The summed E-state index contributed by atoms with van der Waals surface area (Å²) in [5, 5.41) is 7.16. The monoisotopic (exact) mass is 363 g/mol. The zero-order chi connectivity index (χ0) is 19.2. The van der Waals surface area contributed by atoms with Gasteiger partial charge in [-0.1, -0.05) is 24.6 Å². The van der Waals surface area contributed by atoms with E-state index >= 15 is 0 Å². The van der Waals surface area contributed by atoms with Gasteiger partial charge in [0.2, 0.25) is 0 Å². The number of hydrogen-bond acceptors (Lipinski definition) is 3. The first-order valence-corrected chi connectivity index (χ1v) is 9.41. The predicted octanol–water partition coefficient (Wildman–Crippen LogP) is 4.54. The lowest BCUT2D eigenvalue weighted by Crippen LogP contribution is -2.21. The van der Waals surface area contributed by atoms with Crippen LogP contribution in [-0.4, -0.2) is 17.5 Å². The van der Waals surface area contributed by atoms with Crippen molar-refractivity contribution in [3.05, 3.63) is 65.2 Å². The molecule has 0 radical (unpaired) electrons. The zero-order valence-electron chi connectivity index (χ0n) is 15.8. The van der Waals surface area contributed by atoms with Crippen molar-refractivity contribution in [1.82, 2.24) is 5.43 Å². The predicted molar refractivity (Wildman–Crippen MR) is 108 cm³/mol. The maximum atomic E-state index is 12.3. The summed E-state index contributed by atoms with van der Waals surface area (Å²) in [6.07, 6.45) is 4.32. The summed E-state index contributed by atoms with van der Waals surface area (Å²) in [5.41, 5.74) is 6.54. The minimum Gasteiger partial charge on any atom is -0.322 e. The number of hydrogen-bond donors (Lipinski definition) is 2. The van der Waals surface area contributed by atoms with Gasteiger partial charge in [-0.05, 0) is 74.9 Å². The van der Waals surface area contributed by atoms with Crippen molar-refractivity contribution in [1.29, 1.82) is 0 Å². The molecular weight excluding hydrogens is 338 g/mol. The Morgan fingerprint density at radius 3 is 2.56 bits per heavy atom. The Hall–Kier alpha value is -2.95. The summed E-state index contributed by atoms with van der Waals surface area (Å²) in [6.45, 7) is 4.10. The van der Waals surface area contributed by atoms with E-state index in [0.717, 1.165) is 37.0 Å². The van der Waals surface area contributed by atoms with Gasteiger partial charge in [-0.2, -0.15) is 5.10 Å². The molecule has 2 aromatic carbocycles. The molecule has 1 aliphatic rings. The summed E-state index contributed by atoms with van der Waals surface area (Å²) in [7, 11) is 0. The number of benzene rings is 2. The molecule has 2 aromatic rings. The molecule has 0 aromatic heterocycles. The summed E-state index contributed by atoms with van der Waals surface area (Å²) < 4.78 is 0. The number of nitrogens with one attached hydrogen (secondary N) is 2. The Morgan fingerprint density at radius 1 is 1.07 bits per heavy atom. The first-order chi connectivity index (χ1) is 13.1. The van der Waals surface area contributed by atoms with Crippen molar-refractivity contribution in [2.45, 2.75) is 39.5 Å². The molecule has 1 atom stereocenters. The maximum Gasteiger partial charge on any atom is 0.271 e. The van der Waals surface area contributed by atoms with Gasteiger partial charge in [0.05, 0.1) is 0 Å². The average molecular weight is 363 g/mol. The van der Waals surface area contributed by atoms with Gasteiger partial charge in [-0.15, -0.1) is 0 Å². The second-order valence-corrected chi connectivity index (χ2v) is 6.94. The molecule has 1 fully saturated rings. The van der Waals surface area contributed by atoms with Crippen LogP contribution in [0.2, 0.25) is 0 Å². The molecule has 5 nitrogen and oxygen atoms in total. The number of aryl methyl sites for hydroxylation is 1. The number of carbonyl (C=O) groups excluding carboxylic acids is 2. The molecule has 0 spiro atoms. The highest BCUT2D eigenvalue weighted by molar-refractivity contribution is 6.04. The number of rotatable bonds is 5. The van der Waals surface area contributed by atoms with Gasteiger partial charge >= 0.3 is 0 Å². The average Bonchev–Trinajstić information content (AvgIpc) is 3.14. The van der Waals surface area contributed by atoms with Gasteiger partial charge < -0.3 is 5.32 Å². The number of hydrazone groups is 1. The molecule has 1 saturated carbocycles. The minimum absolute atomic E-state index is 0.172. The van der Waals surface area contributed by atoms with Crippen molar-refractivity contribution < 1.29 is 9.59 Å². The third kappa shape index (κ3) is 4.82. The zero-order valence-corrected chi connectivity index (χ0v) is 15.8. The molecule has 3 rings (SSSR count). The SMILES string of the molecule is CCC1CCCC1=NNC(=O)c1ccc(NC(=O)c2cccc(C)c2)cc1. The molecule has 2 N–H and O–H groups in total. The molecule has 140 valence electrons. The van der Waals surface area contributed by atoms with Crippen molar-refractivity contribution in [2.75, 3.05) is 5.32 Å². The van der Waals surface area contributed by atoms with Gasteiger partial charge in [0, 0.05) is 22.5 Å². The van der Waals surface area contributed by atoms with E-state index in [1.54, 1.807) is 30.3 Å². The van der Waals surface area contributed by atoms with Crippen LogP contribution in [0, 0.1) is 12.8 Å². The Balaban J connectivity index is 1.60. The lowest BCUT2D eigenvalue weighted by atomic mass is 10.0. The quantitative estimate of drug-likeness (QED) is 0.766. The standard InChI is InChI=1S/C22H25N3O2/c1-3-16-7-5-9-20(16)24-25-22(27)17-10-12-19(13-11-17)23-21(26)18-8-4-6-15(2)14-18/h4,6,8,10-14,16H,3,5,7,9H2,1-2H3,(H,23,26)(H,25,27). The lowest BCUT2D eigenvalue weighted by Gasteiger charge is -2.09. The summed E-state index contributed by atoms with van der Waals surface area (Å²) in [4.78, 5) is 24.6. The van der Waals surface area contributed by atoms with E-state index in [2.05, 4.69) is 22.8 Å². The van der Waals surface area contributed by atoms with E-state index < -0.39 is 0 Å². The van der Waals surface area contributed by atoms with E-state index in [1.807, 2.05) is 25.1 Å². The van der Waals surface area contributed by atoms with E-state index in [0.29, 0.717) is 22.7 Å². The van der Waals surface area contributed by atoms with Gasteiger partial charge in [-0.25, -0.2) is 5.43 Å². The summed E-state index contributed by atoms with van der Waals surface area (Å²) in [5.74, 6) is 0.0828. The molecule has 5 heteroatoms. The Bertz CT molecular complexity index is 856. The molecule has 0 aliphatic heterocycles. The van der Waals surface area contributed by atoms with Crippen LogP contribution in [0.5, 0.6) is 0 Å². The summed E-state index contributed by atoms with van der Waals surface area (Å²) in [6, 6.07) is 14.2. The minimum atomic E-state index is -0.235.